The van der Waals surface area contributed by atoms with Crippen molar-refractivity contribution in [3.63, 3.8) is 0 Å². The Morgan fingerprint density at radius 1 is 1.33 bits per heavy atom. The van der Waals surface area contributed by atoms with Gasteiger partial charge >= 0.3 is 0 Å². The zero-order valence-corrected chi connectivity index (χ0v) is 20.8. The minimum absolute atomic E-state index is 0.101. The molecule has 0 spiro atoms. The summed E-state index contributed by atoms with van der Waals surface area (Å²) >= 11 is 3.09. The Morgan fingerprint density at radius 2 is 2.15 bits per heavy atom. The lowest BCUT2D eigenvalue weighted by molar-refractivity contribution is -0.121. The van der Waals surface area contributed by atoms with Gasteiger partial charge in [0.15, 0.2) is 16.0 Å². The fourth-order valence-electron chi connectivity index (χ4n) is 3.68. The van der Waals surface area contributed by atoms with Gasteiger partial charge in [-0.25, -0.2) is 19.6 Å². The van der Waals surface area contributed by atoms with Gasteiger partial charge in [-0.1, -0.05) is 30.4 Å². The number of hydrogen-bond donors (Lipinski definition) is 2. The van der Waals surface area contributed by atoms with Gasteiger partial charge in [0.05, 0.1) is 24.2 Å². The Balaban J connectivity index is 1.41. The standard InChI is InChI=1S/C21H28N8O2S2/c1-5-32-20-26-18(24-12(2)3)15-10-23-28(19(15)27-20)7-6-22-16(30)9-14-11-33-21-25-13(4)8-17(31)29(14)21/h8,10,12,14H,5-7,9,11H2,1-4H3,(H,22,30)(H,24,26,27). The van der Waals surface area contributed by atoms with E-state index in [2.05, 4.69) is 51.5 Å². The van der Waals surface area contributed by atoms with Crippen LogP contribution in [-0.2, 0) is 11.3 Å². The van der Waals surface area contributed by atoms with E-state index < -0.39 is 0 Å². The van der Waals surface area contributed by atoms with Crippen LogP contribution in [0.2, 0.25) is 0 Å². The molecule has 176 valence electrons. The molecule has 4 heterocycles. The highest BCUT2D eigenvalue weighted by Crippen LogP contribution is 2.31. The summed E-state index contributed by atoms with van der Waals surface area (Å²) < 4.78 is 3.42. The fourth-order valence-corrected chi connectivity index (χ4v) is 5.44. The summed E-state index contributed by atoms with van der Waals surface area (Å²) in [5, 5.41) is 13.0. The number of rotatable bonds is 9. The van der Waals surface area contributed by atoms with E-state index >= 15 is 0 Å². The fraction of sp³-hybridized carbons (Fsp3) is 0.524. The average molecular weight is 489 g/mol. The molecular weight excluding hydrogens is 460 g/mol. The van der Waals surface area contributed by atoms with Gasteiger partial charge in [-0.2, -0.15) is 5.10 Å². The molecule has 1 aliphatic rings. The summed E-state index contributed by atoms with van der Waals surface area (Å²) in [6.07, 6.45) is 2.00. The predicted molar refractivity (Wildman–Crippen MR) is 131 cm³/mol. The van der Waals surface area contributed by atoms with Crippen molar-refractivity contribution in [3.8, 4) is 0 Å². The van der Waals surface area contributed by atoms with Crippen molar-refractivity contribution in [2.75, 3.05) is 23.4 Å². The molecular formula is C21H28N8O2S2. The number of thioether (sulfide) groups is 2. The summed E-state index contributed by atoms with van der Waals surface area (Å²) in [5.41, 5.74) is 1.34. The van der Waals surface area contributed by atoms with E-state index in [0.29, 0.717) is 34.8 Å². The second kappa shape index (κ2) is 10.1. The molecule has 1 amide bonds. The number of amides is 1. The minimum atomic E-state index is -0.179. The van der Waals surface area contributed by atoms with Gasteiger partial charge in [0.2, 0.25) is 5.91 Å². The zero-order valence-electron chi connectivity index (χ0n) is 19.2. The van der Waals surface area contributed by atoms with Crippen LogP contribution >= 0.6 is 23.5 Å². The topological polar surface area (TPSA) is 120 Å². The third kappa shape index (κ3) is 5.32. The lowest BCUT2D eigenvalue weighted by atomic mass is 10.2. The van der Waals surface area contributed by atoms with Crippen molar-refractivity contribution in [1.82, 2.24) is 34.6 Å². The van der Waals surface area contributed by atoms with Crippen LogP contribution in [-0.4, -0.2) is 59.3 Å². The molecule has 2 N–H and O–H groups in total. The molecule has 0 radical (unpaired) electrons. The molecule has 33 heavy (non-hydrogen) atoms. The molecule has 3 aromatic rings. The molecule has 4 rings (SSSR count). The van der Waals surface area contributed by atoms with Crippen LogP contribution in [0.5, 0.6) is 0 Å². The SMILES string of the molecule is CCSc1nc(NC(C)C)c2cnn(CCNC(=O)CC3CSc4nc(C)cc(=O)n43)c2n1. The lowest BCUT2D eigenvalue weighted by Gasteiger charge is -2.13. The van der Waals surface area contributed by atoms with Crippen molar-refractivity contribution in [3.05, 3.63) is 28.3 Å². The van der Waals surface area contributed by atoms with Crippen LogP contribution in [0.4, 0.5) is 5.82 Å². The normalized spacial score (nSPS) is 15.2. The quantitative estimate of drug-likeness (QED) is 0.346. The first-order chi connectivity index (χ1) is 15.9. The smallest absolute Gasteiger partial charge is 0.254 e. The number of nitrogens with zero attached hydrogens (tertiary/aromatic N) is 6. The molecule has 3 aromatic heterocycles. The van der Waals surface area contributed by atoms with Crippen molar-refractivity contribution >= 4 is 46.3 Å². The molecule has 0 bridgehead atoms. The van der Waals surface area contributed by atoms with Gasteiger partial charge in [0, 0.05) is 36.5 Å². The molecule has 0 fully saturated rings. The number of carbonyl (C=O) groups excluding carboxylic acids is 1. The first-order valence-electron chi connectivity index (χ1n) is 11.0. The highest BCUT2D eigenvalue weighted by molar-refractivity contribution is 7.99. The number of hydrogen-bond acceptors (Lipinski definition) is 9. The van der Waals surface area contributed by atoms with Gasteiger partial charge in [-0.3, -0.25) is 14.2 Å². The lowest BCUT2D eigenvalue weighted by Crippen LogP contribution is -2.32. The molecule has 0 aromatic carbocycles. The van der Waals surface area contributed by atoms with Gasteiger partial charge in [-0.15, -0.1) is 0 Å². The second-order valence-electron chi connectivity index (χ2n) is 8.10. The summed E-state index contributed by atoms with van der Waals surface area (Å²) in [5.74, 6) is 2.21. The van der Waals surface area contributed by atoms with E-state index in [4.69, 9.17) is 0 Å². The Labute approximate surface area is 200 Å². The molecule has 1 aliphatic heterocycles. The predicted octanol–water partition coefficient (Wildman–Crippen LogP) is 2.48. The summed E-state index contributed by atoms with van der Waals surface area (Å²) in [6, 6.07) is 1.57. The van der Waals surface area contributed by atoms with E-state index in [1.807, 2.05) is 0 Å². The van der Waals surface area contributed by atoms with E-state index in [1.165, 1.54) is 17.8 Å². The van der Waals surface area contributed by atoms with Crippen molar-refractivity contribution in [1.29, 1.82) is 0 Å². The van der Waals surface area contributed by atoms with E-state index in [1.54, 1.807) is 34.1 Å². The van der Waals surface area contributed by atoms with Crippen LogP contribution in [0.25, 0.3) is 11.0 Å². The maximum atomic E-state index is 12.6. The Kier molecular flexibility index (Phi) is 7.23. The maximum Gasteiger partial charge on any atom is 0.254 e. The van der Waals surface area contributed by atoms with Crippen molar-refractivity contribution in [2.24, 2.45) is 0 Å². The van der Waals surface area contributed by atoms with Crippen molar-refractivity contribution < 1.29 is 4.79 Å². The number of nitrogens with one attached hydrogen (secondary N) is 2. The molecule has 0 saturated heterocycles. The van der Waals surface area contributed by atoms with Crippen LogP contribution in [0, 0.1) is 6.92 Å². The Hall–Kier alpha value is -2.60. The molecule has 12 heteroatoms. The van der Waals surface area contributed by atoms with Crippen molar-refractivity contribution in [2.45, 2.75) is 63.1 Å². The third-order valence-electron chi connectivity index (χ3n) is 5.06. The van der Waals surface area contributed by atoms with Crippen LogP contribution in [0.3, 0.4) is 0 Å². The first kappa shape index (κ1) is 23.6. The van der Waals surface area contributed by atoms with E-state index in [-0.39, 0.29) is 30.0 Å². The first-order valence-corrected chi connectivity index (χ1v) is 13.0. The van der Waals surface area contributed by atoms with Crippen LogP contribution < -0.4 is 16.2 Å². The monoisotopic (exact) mass is 488 g/mol. The summed E-state index contributed by atoms with van der Waals surface area (Å²) in [4.78, 5) is 38.6. The third-order valence-corrected chi connectivity index (χ3v) is 6.89. The highest BCUT2D eigenvalue weighted by atomic mass is 32.2. The molecule has 0 aliphatic carbocycles. The van der Waals surface area contributed by atoms with E-state index in [0.717, 1.165) is 22.6 Å². The Bertz CT molecular complexity index is 1220. The number of aryl methyl sites for hydroxylation is 1. The molecule has 0 saturated carbocycles. The van der Waals surface area contributed by atoms with Gasteiger partial charge in [0.1, 0.15) is 5.82 Å². The summed E-state index contributed by atoms with van der Waals surface area (Å²) in [6.45, 7) is 8.89. The molecule has 1 atom stereocenters. The van der Waals surface area contributed by atoms with Gasteiger partial charge in [0.25, 0.3) is 5.56 Å². The zero-order chi connectivity index (χ0) is 23.5. The van der Waals surface area contributed by atoms with Gasteiger partial charge < -0.3 is 10.6 Å². The summed E-state index contributed by atoms with van der Waals surface area (Å²) in [7, 11) is 0. The average Bonchev–Trinajstić information content (AvgIpc) is 3.32. The highest BCUT2D eigenvalue weighted by Gasteiger charge is 2.27. The minimum Gasteiger partial charge on any atom is -0.367 e. The second-order valence-corrected chi connectivity index (χ2v) is 10.3. The maximum absolute atomic E-state index is 12.6. The molecule has 1 unspecified atom stereocenters. The van der Waals surface area contributed by atoms with Gasteiger partial charge in [-0.05, 0) is 26.5 Å². The number of fused-ring (bicyclic) bond motifs is 2. The Morgan fingerprint density at radius 3 is 2.91 bits per heavy atom. The largest absolute Gasteiger partial charge is 0.367 e. The number of anilines is 1. The van der Waals surface area contributed by atoms with E-state index in [9.17, 15) is 9.59 Å². The number of aromatic nitrogens is 6. The van der Waals surface area contributed by atoms with Crippen LogP contribution in [0.1, 0.15) is 38.9 Å². The number of carbonyl (C=O) groups is 1. The molecule has 10 nitrogen and oxygen atoms in total. The van der Waals surface area contributed by atoms with Crippen LogP contribution in [0.15, 0.2) is 27.4 Å².